The average molecular weight is 231 g/mol. The molecule has 2 aliphatic rings. The molecule has 17 heavy (non-hydrogen) atoms. The Morgan fingerprint density at radius 1 is 1.12 bits per heavy atom. The largest absolute Gasteiger partial charge is 0.385 e. The summed E-state index contributed by atoms with van der Waals surface area (Å²) >= 11 is 0. The third-order valence-electron chi connectivity index (χ3n) is 4.79. The predicted molar refractivity (Wildman–Crippen MR) is 67.6 cm³/mol. The highest BCUT2D eigenvalue weighted by Gasteiger charge is 2.49. The van der Waals surface area contributed by atoms with Crippen molar-refractivity contribution in [3.05, 3.63) is 29.6 Å². The van der Waals surface area contributed by atoms with E-state index in [4.69, 9.17) is 0 Å². The molecule has 0 amide bonds. The number of rotatable bonds is 3. The summed E-state index contributed by atoms with van der Waals surface area (Å²) in [5, 5.41) is 11.2. The summed E-state index contributed by atoms with van der Waals surface area (Å²) in [5.41, 5.74) is 1.63. The lowest BCUT2D eigenvalue weighted by Gasteiger charge is -2.50. The van der Waals surface area contributed by atoms with Gasteiger partial charge in [-0.3, -0.25) is 4.98 Å². The second kappa shape index (κ2) is 4.09. The molecule has 0 bridgehead atoms. The van der Waals surface area contributed by atoms with Crippen LogP contribution in [0.1, 0.15) is 49.7 Å². The summed E-state index contributed by atoms with van der Waals surface area (Å²) in [6, 6.07) is 2.13. The van der Waals surface area contributed by atoms with Crippen LogP contribution in [0, 0.1) is 18.8 Å². The van der Waals surface area contributed by atoms with Crippen molar-refractivity contribution >= 4 is 0 Å². The molecule has 0 aliphatic heterocycles. The van der Waals surface area contributed by atoms with Crippen LogP contribution in [0.25, 0.3) is 0 Å². The molecule has 0 unspecified atom stereocenters. The SMILES string of the molecule is Cc1cncc(C(O)(C2CCC2)C2CCC2)c1. The zero-order valence-electron chi connectivity index (χ0n) is 10.5. The Hall–Kier alpha value is -0.890. The molecular formula is C15H21NO. The van der Waals surface area contributed by atoms with Gasteiger partial charge in [-0.15, -0.1) is 0 Å². The van der Waals surface area contributed by atoms with Crippen LogP contribution in [0.3, 0.4) is 0 Å². The first kappa shape index (κ1) is 11.2. The van der Waals surface area contributed by atoms with Gasteiger partial charge in [-0.25, -0.2) is 0 Å². The fourth-order valence-corrected chi connectivity index (χ4v) is 3.28. The van der Waals surface area contributed by atoms with E-state index >= 15 is 0 Å². The normalized spacial score (nSPS) is 22.0. The highest BCUT2D eigenvalue weighted by atomic mass is 16.3. The predicted octanol–water partition coefficient (Wildman–Crippen LogP) is 3.18. The Morgan fingerprint density at radius 2 is 1.71 bits per heavy atom. The Bertz CT molecular complexity index is 393. The highest BCUT2D eigenvalue weighted by Crippen LogP contribution is 2.52. The highest BCUT2D eigenvalue weighted by molar-refractivity contribution is 5.26. The summed E-state index contributed by atoms with van der Waals surface area (Å²) in [4.78, 5) is 4.27. The van der Waals surface area contributed by atoms with Gasteiger partial charge >= 0.3 is 0 Å². The monoisotopic (exact) mass is 231 g/mol. The standard InChI is InChI=1S/C15H21NO/c1-11-8-14(10-16-9-11)15(17,12-4-2-5-12)13-6-3-7-13/h8-10,12-13,17H,2-7H2,1H3. The molecule has 2 saturated carbocycles. The van der Waals surface area contributed by atoms with Gasteiger partial charge in [0, 0.05) is 18.0 Å². The van der Waals surface area contributed by atoms with E-state index in [0.29, 0.717) is 11.8 Å². The van der Waals surface area contributed by atoms with Gasteiger partial charge in [0.15, 0.2) is 0 Å². The summed E-state index contributed by atoms with van der Waals surface area (Å²) in [6.45, 7) is 2.05. The van der Waals surface area contributed by atoms with Crippen LogP contribution in [-0.4, -0.2) is 10.1 Å². The topological polar surface area (TPSA) is 33.1 Å². The lowest BCUT2D eigenvalue weighted by atomic mass is 9.59. The molecule has 0 spiro atoms. The van der Waals surface area contributed by atoms with Gasteiger partial charge in [0.25, 0.3) is 0 Å². The van der Waals surface area contributed by atoms with E-state index < -0.39 is 5.60 Å². The number of pyridine rings is 1. The Kier molecular flexibility index (Phi) is 2.70. The van der Waals surface area contributed by atoms with Crippen molar-refractivity contribution in [2.75, 3.05) is 0 Å². The lowest BCUT2D eigenvalue weighted by Crippen LogP contribution is -2.48. The second-order valence-electron chi connectivity index (χ2n) is 5.83. The van der Waals surface area contributed by atoms with Crippen LogP contribution in [-0.2, 0) is 5.60 Å². The van der Waals surface area contributed by atoms with E-state index in [1.54, 1.807) is 0 Å². The van der Waals surface area contributed by atoms with Crippen molar-refractivity contribution in [1.29, 1.82) is 0 Å². The second-order valence-corrected chi connectivity index (χ2v) is 5.83. The molecule has 2 fully saturated rings. The number of hydrogen-bond donors (Lipinski definition) is 1. The van der Waals surface area contributed by atoms with Gasteiger partial charge in [-0.2, -0.15) is 0 Å². The van der Waals surface area contributed by atoms with Gasteiger partial charge in [-0.05, 0) is 50.0 Å². The molecule has 0 atom stereocenters. The molecule has 2 aliphatic carbocycles. The van der Waals surface area contributed by atoms with Crippen LogP contribution >= 0.6 is 0 Å². The van der Waals surface area contributed by atoms with E-state index in [-0.39, 0.29) is 0 Å². The minimum Gasteiger partial charge on any atom is -0.385 e. The van der Waals surface area contributed by atoms with E-state index in [1.807, 2.05) is 12.4 Å². The molecule has 0 radical (unpaired) electrons. The maximum absolute atomic E-state index is 11.2. The first-order valence-corrected chi connectivity index (χ1v) is 6.86. The Labute approximate surface area is 103 Å². The van der Waals surface area contributed by atoms with Crippen molar-refractivity contribution in [3.63, 3.8) is 0 Å². The first-order chi connectivity index (χ1) is 8.21. The molecule has 92 valence electrons. The fraction of sp³-hybridized carbons (Fsp3) is 0.667. The third kappa shape index (κ3) is 1.70. The number of hydrogen-bond acceptors (Lipinski definition) is 2. The summed E-state index contributed by atoms with van der Waals surface area (Å²) in [7, 11) is 0. The van der Waals surface area contributed by atoms with Gasteiger partial charge in [0.05, 0.1) is 5.60 Å². The summed E-state index contributed by atoms with van der Waals surface area (Å²) in [5.74, 6) is 0.938. The van der Waals surface area contributed by atoms with Crippen LogP contribution in [0.2, 0.25) is 0 Å². The number of nitrogens with zero attached hydrogens (tertiary/aromatic N) is 1. The molecule has 1 N–H and O–H groups in total. The zero-order valence-corrected chi connectivity index (χ0v) is 10.5. The van der Waals surface area contributed by atoms with E-state index in [9.17, 15) is 5.11 Å². The quantitative estimate of drug-likeness (QED) is 0.866. The van der Waals surface area contributed by atoms with Crippen LogP contribution in [0.5, 0.6) is 0 Å². The molecule has 2 heteroatoms. The van der Waals surface area contributed by atoms with Crippen molar-refractivity contribution in [2.24, 2.45) is 11.8 Å². The van der Waals surface area contributed by atoms with E-state index in [0.717, 1.165) is 11.1 Å². The number of aromatic nitrogens is 1. The summed E-state index contributed by atoms with van der Waals surface area (Å²) < 4.78 is 0. The average Bonchev–Trinajstić information content (AvgIpc) is 2.11. The van der Waals surface area contributed by atoms with Crippen molar-refractivity contribution in [1.82, 2.24) is 4.98 Å². The smallest absolute Gasteiger partial charge is 0.0967 e. The molecule has 1 aromatic heterocycles. The van der Waals surface area contributed by atoms with E-state index in [2.05, 4.69) is 18.0 Å². The van der Waals surface area contributed by atoms with Crippen LogP contribution in [0.15, 0.2) is 18.5 Å². The molecule has 2 nitrogen and oxygen atoms in total. The minimum absolute atomic E-state index is 0.469. The first-order valence-electron chi connectivity index (χ1n) is 6.86. The van der Waals surface area contributed by atoms with Gasteiger partial charge in [0.2, 0.25) is 0 Å². The Balaban J connectivity index is 1.97. The maximum atomic E-state index is 11.2. The van der Waals surface area contributed by atoms with Crippen molar-refractivity contribution in [3.8, 4) is 0 Å². The fourth-order valence-electron chi connectivity index (χ4n) is 3.28. The van der Waals surface area contributed by atoms with E-state index in [1.165, 1.54) is 38.5 Å². The molecule has 0 aromatic carbocycles. The summed E-state index contributed by atoms with van der Waals surface area (Å²) in [6.07, 6.45) is 11.0. The molecule has 1 aromatic rings. The number of aryl methyl sites for hydroxylation is 1. The molecule has 1 heterocycles. The van der Waals surface area contributed by atoms with Gasteiger partial charge < -0.3 is 5.11 Å². The van der Waals surface area contributed by atoms with Gasteiger partial charge in [0.1, 0.15) is 0 Å². The maximum Gasteiger partial charge on any atom is 0.0967 e. The van der Waals surface area contributed by atoms with Crippen molar-refractivity contribution < 1.29 is 5.11 Å². The zero-order chi connectivity index (χ0) is 11.9. The molecular weight excluding hydrogens is 210 g/mol. The lowest BCUT2D eigenvalue weighted by molar-refractivity contribution is -0.126. The molecule has 0 saturated heterocycles. The Morgan fingerprint density at radius 3 is 2.12 bits per heavy atom. The van der Waals surface area contributed by atoms with Crippen LogP contribution < -0.4 is 0 Å². The third-order valence-corrected chi connectivity index (χ3v) is 4.79. The van der Waals surface area contributed by atoms with Gasteiger partial charge in [-0.1, -0.05) is 18.9 Å². The minimum atomic E-state index is -0.588. The molecule has 3 rings (SSSR count). The number of aliphatic hydroxyl groups is 1. The van der Waals surface area contributed by atoms with Crippen LogP contribution in [0.4, 0.5) is 0 Å². The van der Waals surface area contributed by atoms with Crippen molar-refractivity contribution in [2.45, 2.75) is 51.0 Å².